The van der Waals surface area contributed by atoms with Crippen molar-refractivity contribution in [2.75, 3.05) is 5.32 Å². The number of para-hydroxylation sites is 1. The van der Waals surface area contributed by atoms with Crippen LogP contribution in [0.3, 0.4) is 0 Å². The smallest absolute Gasteiger partial charge is 0.150 e. The number of hydrogen-bond donors (Lipinski definition) is 1. The zero-order valence-electron chi connectivity index (χ0n) is 19.2. The maximum atomic E-state index is 4.93. The molecule has 0 radical (unpaired) electrons. The lowest BCUT2D eigenvalue weighted by atomic mass is 10.0. The maximum absolute atomic E-state index is 4.93. The minimum absolute atomic E-state index is 0.763. The Hall–Kier alpha value is -5.10. The van der Waals surface area contributed by atoms with E-state index in [0.29, 0.717) is 0 Å². The molecular formula is C30H20N6. The first-order valence-corrected chi connectivity index (χ1v) is 11.7. The molecule has 1 aliphatic carbocycles. The van der Waals surface area contributed by atoms with E-state index in [2.05, 4.69) is 67.5 Å². The van der Waals surface area contributed by atoms with Crippen LogP contribution in [0.2, 0.25) is 0 Å². The van der Waals surface area contributed by atoms with Gasteiger partial charge in [-0.1, -0.05) is 48.5 Å². The van der Waals surface area contributed by atoms with Crippen molar-refractivity contribution in [1.82, 2.24) is 24.5 Å². The van der Waals surface area contributed by atoms with Crippen LogP contribution in [-0.2, 0) is 0 Å². The first-order valence-electron chi connectivity index (χ1n) is 11.7. The van der Waals surface area contributed by atoms with Crippen molar-refractivity contribution in [2.45, 2.75) is 0 Å². The molecule has 0 amide bonds. The molecule has 7 rings (SSSR count). The van der Waals surface area contributed by atoms with Crippen LogP contribution in [-0.4, -0.2) is 24.5 Å². The molecule has 0 spiro atoms. The number of benzene rings is 2. The van der Waals surface area contributed by atoms with Crippen molar-refractivity contribution in [2.24, 2.45) is 0 Å². The van der Waals surface area contributed by atoms with Crippen LogP contribution in [0.5, 0.6) is 0 Å². The molecule has 0 saturated carbocycles. The summed E-state index contributed by atoms with van der Waals surface area (Å²) in [6, 6.07) is 26.4. The van der Waals surface area contributed by atoms with Gasteiger partial charge in [0, 0.05) is 34.7 Å². The van der Waals surface area contributed by atoms with Gasteiger partial charge >= 0.3 is 0 Å². The molecule has 1 N–H and O–H groups in total. The van der Waals surface area contributed by atoms with E-state index in [9.17, 15) is 0 Å². The van der Waals surface area contributed by atoms with Crippen LogP contribution in [0.1, 0.15) is 0 Å². The van der Waals surface area contributed by atoms with E-state index in [-0.39, 0.29) is 0 Å². The third-order valence-electron chi connectivity index (χ3n) is 6.36. The maximum Gasteiger partial charge on any atom is 0.150 e. The van der Waals surface area contributed by atoms with Crippen molar-refractivity contribution < 1.29 is 0 Å². The fraction of sp³-hybridized carbons (Fsp3) is 0. The summed E-state index contributed by atoms with van der Waals surface area (Å²) in [5.41, 5.74) is 7.61. The summed E-state index contributed by atoms with van der Waals surface area (Å²) in [5, 5.41) is 5.52. The van der Waals surface area contributed by atoms with Crippen molar-refractivity contribution in [3.8, 4) is 22.5 Å². The molecule has 2 aromatic carbocycles. The lowest BCUT2D eigenvalue weighted by Gasteiger charge is -2.10. The highest BCUT2D eigenvalue weighted by molar-refractivity contribution is 6.05. The number of hydrogen-bond acceptors (Lipinski definition) is 5. The van der Waals surface area contributed by atoms with Crippen LogP contribution < -0.4 is 5.32 Å². The minimum Gasteiger partial charge on any atom is -0.340 e. The first kappa shape index (κ1) is 20.3. The van der Waals surface area contributed by atoms with E-state index >= 15 is 0 Å². The Labute approximate surface area is 207 Å². The van der Waals surface area contributed by atoms with E-state index < -0.39 is 0 Å². The number of rotatable bonds is 5. The normalized spacial score (nSPS) is 12.5. The van der Waals surface area contributed by atoms with Crippen molar-refractivity contribution >= 4 is 39.1 Å². The Balaban J connectivity index is 1.42. The average Bonchev–Trinajstić information content (AvgIpc) is 3.28. The number of aromatic nitrogens is 5. The summed E-state index contributed by atoms with van der Waals surface area (Å²) in [6.45, 7) is 0. The summed E-state index contributed by atoms with van der Waals surface area (Å²) in [4.78, 5) is 18.7. The van der Waals surface area contributed by atoms with Crippen LogP contribution in [0.4, 0.5) is 11.5 Å². The largest absolute Gasteiger partial charge is 0.340 e. The lowest BCUT2D eigenvalue weighted by molar-refractivity contribution is 1.10. The number of nitrogens with zero attached hydrogens (tertiary/aromatic N) is 5. The van der Waals surface area contributed by atoms with Crippen molar-refractivity contribution in [3.63, 3.8) is 0 Å². The fourth-order valence-electron chi connectivity index (χ4n) is 4.51. The third kappa shape index (κ3) is 3.44. The molecule has 170 valence electrons. The van der Waals surface area contributed by atoms with E-state index in [0.717, 1.165) is 61.7 Å². The highest BCUT2D eigenvalue weighted by Crippen LogP contribution is 2.38. The van der Waals surface area contributed by atoms with Crippen LogP contribution in [0.15, 0.2) is 116 Å². The molecular weight excluding hydrogens is 444 g/mol. The molecule has 6 heteroatoms. The SMILES string of the molecule is C1=CC(n2cc(-c3ccc4ccc(-c5ccccn5)nc4c3)c3c(Nc4ccccc4)ncnc32)=C1. The molecule has 0 saturated heterocycles. The second-order valence-corrected chi connectivity index (χ2v) is 8.59. The monoisotopic (exact) mass is 464 g/mol. The Bertz CT molecular complexity index is 1800. The number of fused-ring (bicyclic) bond motifs is 2. The van der Waals surface area contributed by atoms with Gasteiger partial charge in [0.15, 0.2) is 5.65 Å². The van der Waals surface area contributed by atoms with Gasteiger partial charge in [-0.2, -0.15) is 0 Å². The van der Waals surface area contributed by atoms with Gasteiger partial charge in [0.1, 0.15) is 12.1 Å². The summed E-state index contributed by atoms with van der Waals surface area (Å²) < 4.78 is 2.12. The van der Waals surface area contributed by atoms with E-state index in [4.69, 9.17) is 4.98 Å². The van der Waals surface area contributed by atoms with Crippen LogP contribution in [0.25, 0.3) is 50.1 Å². The number of nitrogens with one attached hydrogen (secondary N) is 1. The number of pyridine rings is 2. The molecule has 0 fully saturated rings. The van der Waals surface area contributed by atoms with Gasteiger partial charge in [-0.05, 0) is 54.1 Å². The molecule has 6 aromatic rings. The first-order chi connectivity index (χ1) is 17.8. The molecule has 4 heterocycles. The third-order valence-corrected chi connectivity index (χ3v) is 6.36. The van der Waals surface area contributed by atoms with Gasteiger partial charge in [0.2, 0.25) is 0 Å². The summed E-state index contributed by atoms with van der Waals surface area (Å²) in [5.74, 6) is 0.763. The number of allylic oxidation sites excluding steroid dienone is 4. The molecule has 4 aromatic heterocycles. The summed E-state index contributed by atoms with van der Waals surface area (Å²) >= 11 is 0. The predicted octanol–water partition coefficient (Wildman–Crippen LogP) is 6.86. The Kier molecular flexibility index (Phi) is 4.67. The molecule has 0 atom stereocenters. The molecule has 1 aliphatic rings. The Morgan fingerprint density at radius 3 is 2.44 bits per heavy atom. The lowest BCUT2D eigenvalue weighted by Crippen LogP contribution is -2.00. The second-order valence-electron chi connectivity index (χ2n) is 8.59. The van der Waals surface area contributed by atoms with E-state index in [1.54, 1.807) is 12.5 Å². The molecule has 0 unspecified atom stereocenters. The second kappa shape index (κ2) is 8.29. The average molecular weight is 465 g/mol. The quantitative estimate of drug-likeness (QED) is 0.302. The van der Waals surface area contributed by atoms with Gasteiger partial charge in [0.05, 0.1) is 22.3 Å². The zero-order valence-corrected chi connectivity index (χ0v) is 19.2. The Morgan fingerprint density at radius 2 is 1.64 bits per heavy atom. The van der Waals surface area contributed by atoms with Crippen LogP contribution >= 0.6 is 0 Å². The van der Waals surface area contributed by atoms with Gasteiger partial charge in [0.25, 0.3) is 0 Å². The molecule has 6 nitrogen and oxygen atoms in total. The number of anilines is 2. The molecule has 36 heavy (non-hydrogen) atoms. The van der Waals surface area contributed by atoms with Crippen LogP contribution in [0, 0.1) is 0 Å². The van der Waals surface area contributed by atoms with Crippen molar-refractivity contribution in [3.05, 3.63) is 116 Å². The van der Waals surface area contributed by atoms with E-state index in [1.165, 1.54) is 0 Å². The molecule has 0 bridgehead atoms. The standard InChI is InChI=1S/C30H20N6/c1-2-7-22(8-3-1)34-29-28-24(18-36(23-9-6-10-23)30(28)33-19-32-29)21-13-12-20-14-15-26(35-27(20)17-21)25-11-4-5-16-31-25/h1-19H,(H,32,33,34). The van der Waals surface area contributed by atoms with Gasteiger partial charge in [-0.15, -0.1) is 0 Å². The van der Waals surface area contributed by atoms with Gasteiger partial charge in [-0.25, -0.2) is 15.0 Å². The minimum atomic E-state index is 0.763. The zero-order chi connectivity index (χ0) is 23.9. The van der Waals surface area contributed by atoms with Crippen molar-refractivity contribution in [1.29, 1.82) is 0 Å². The summed E-state index contributed by atoms with van der Waals surface area (Å²) in [7, 11) is 0. The summed E-state index contributed by atoms with van der Waals surface area (Å²) in [6.07, 6.45) is 11.7. The highest BCUT2D eigenvalue weighted by atomic mass is 15.1. The fourth-order valence-corrected chi connectivity index (χ4v) is 4.51. The van der Waals surface area contributed by atoms with E-state index in [1.807, 2.05) is 60.7 Å². The van der Waals surface area contributed by atoms with Gasteiger partial charge < -0.3 is 9.88 Å². The molecule has 0 aliphatic heterocycles. The Morgan fingerprint density at radius 1 is 0.778 bits per heavy atom. The topological polar surface area (TPSA) is 68.5 Å². The predicted molar refractivity (Wildman–Crippen MR) is 145 cm³/mol. The van der Waals surface area contributed by atoms with Gasteiger partial charge in [-0.3, -0.25) is 4.98 Å². The highest BCUT2D eigenvalue weighted by Gasteiger charge is 2.19.